The van der Waals surface area contributed by atoms with Gasteiger partial charge in [-0.2, -0.15) is 0 Å². The maximum absolute atomic E-state index is 12.7. The molecule has 9 heteroatoms. The first-order chi connectivity index (χ1) is 9.15. The van der Waals surface area contributed by atoms with Crippen molar-refractivity contribution >= 4 is 11.8 Å². The number of tetrazole rings is 1. The lowest BCUT2D eigenvalue weighted by atomic mass is 10.2. The predicted octanol–water partition coefficient (Wildman–Crippen LogP) is -0.727. The predicted molar refractivity (Wildman–Crippen MR) is 59.8 cm³/mol. The largest absolute Gasteiger partial charge is 0.271 e. The maximum atomic E-state index is 12.7. The van der Waals surface area contributed by atoms with Crippen LogP contribution in [0.4, 0.5) is 4.39 Å². The molecule has 0 atom stereocenters. The number of carbonyl (C=O) groups is 2. The first-order valence-corrected chi connectivity index (χ1v) is 5.20. The van der Waals surface area contributed by atoms with Gasteiger partial charge < -0.3 is 0 Å². The summed E-state index contributed by atoms with van der Waals surface area (Å²) in [4.78, 5) is 23.0. The highest BCUT2D eigenvalue weighted by molar-refractivity contribution is 5.95. The summed E-state index contributed by atoms with van der Waals surface area (Å²) in [6.45, 7) is -0.128. The number of hydrazine groups is 1. The van der Waals surface area contributed by atoms with E-state index in [4.69, 9.17) is 0 Å². The average Bonchev–Trinajstić information content (AvgIpc) is 2.89. The van der Waals surface area contributed by atoms with E-state index in [1.165, 1.54) is 23.1 Å². The molecular weight excluding hydrogens is 255 g/mol. The molecule has 0 unspecified atom stereocenters. The van der Waals surface area contributed by atoms with Crippen LogP contribution in [0.25, 0.3) is 0 Å². The van der Waals surface area contributed by atoms with Crippen molar-refractivity contribution in [3.8, 4) is 0 Å². The van der Waals surface area contributed by atoms with Gasteiger partial charge in [-0.05, 0) is 34.7 Å². The molecule has 19 heavy (non-hydrogen) atoms. The monoisotopic (exact) mass is 264 g/mol. The highest BCUT2D eigenvalue weighted by Crippen LogP contribution is 2.01. The summed E-state index contributed by atoms with van der Waals surface area (Å²) in [5, 5.41) is 10.2. The van der Waals surface area contributed by atoms with Crippen LogP contribution in [0.1, 0.15) is 10.4 Å². The Labute approximate surface area is 106 Å². The summed E-state index contributed by atoms with van der Waals surface area (Å²) >= 11 is 0. The number of aromatic nitrogens is 4. The Bertz CT molecular complexity index is 568. The van der Waals surface area contributed by atoms with E-state index in [1.807, 2.05) is 0 Å². The molecule has 0 fully saturated rings. The molecule has 1 heterocycles. The summed E-state index contributed by atoms with van der Waals surface area (Å²) < 4.78 is 13.8. The van der Waals surface area contributed by atoms with Crippen molar-refractivity contribution in [3.05, 3.63) is 42.0 Å². The first-order valence-electron chi connectivity index (χ1n) is 5.20. The minimum atomic E-state index is -0.551. The summed E-state index contributed by atoms with van der Waals surface area (Å²) in [7, 11) is 0. The second-order valence-electron chi connectivity index (χ2n) is 3.52. The molecule has 1 aromatic heterocycles. The SMILES string of the molecule is O=C(Cn1cnnn1)NNC(=O)c1ccc(F)cc1. The topological polar surface area (TPSA) is 102 Å². The van der Waals surface area contributed by atoms with Crippen LogP contribution in [0.5, 0.6) is 0 Å². The van der Waals surface area contributed by atoms with Gasteiger partial charge in [0.2, 0.25) is 0 Å². The lowest BCUT2D eigenvalue weighted by Crippen LogP contribution is -2.43. The normalized spacial score (nSPS) is 9.95. The number of rotatable bonds is 3. The summed E-state index contributed by atoms with van der Waals surface area (Å²) in [5.74, 6) is -1.49. The van der Waals surface area contributed by atoms with Gasteiger partial charge in [0.1, 0.15) is 18.7 Å². The Hall–Kier alpha value is -2.84. The first kappa shape index (κ1) is 12.6. The molecule has 2 aromatic rings. The molecule has 2 N–H and O–H groups in total. The molecule has 0 aliphatic rings. The fourth-order valence-corrected chi connectivity index (χ4v) is 1.24. The van der Waals surface area contributed by atoms with Gasteiger partial charge in [-0.15, -0.1) is 5.10 Å². The number of halogens is 1. The molecule has 0 radical (unpaired) electrons. The Morgan fingerprint density at radius 1 is 1.21 bits per heavy atom. The number of hydrogen-bond acceptors (Lipinski definition) is 5. The highest BCUT2D eigenvalue weighted by Gasteiger charge is 2.08. The molecule has 8 nitrogen and oxygen atoms in total. The molecule has 0 aliphatic heterocycles. The number of benzene rings is 1. The van der Waals surface area contributed by atoms with Crippen molar-refractivity contribution in [2.24, 2.45) is 0 Å². The molecule has 0 saturated carbocycles. The van der Waals surface area contributed by atoms with Gasteiger partial charge in [-0.3, -0.25) is 20.4 Å². The Balaban J connectivity index is 1.83. The molecule has 0 saturated heterocycles. The van der Waals surface area contributed by atoms with Gasteiger partial charge in [0.05, 0.1) is 0 Å². The van der Waals surface area contributed by atoms with Crippen LogP contribution in [0.15, 0.2) is 30.6 Å². The van der Waals surface area contributed by atoms with E-state index in [0.29, 0.717) is 0 Å². The maximum Gasteiger partial charge on any atom is 0.269 e. The third-order valence-corrected chi connectivity index (χ3v) is 2.12. The second-order valence-corrected chi connectivity index (χ2v) is 3.52. The number of nitrogens with one attached hydrogen (secondary N) is 2. The standard InChI is InChI=1S/C10H9FN6O2/c11-8-3-1-7(2-4-8)10(19)14-13-9(18)5-17-6-12-15-16-17/h1-4,6H,5H2,(H,13,18)(H,14,19). The Morgan fingerprint density at radius 2 is 1.95 bits per heavy atom. The van der Waals surface area contributed by atoms with Crippen LogP contribution in [0.3, 0.4) is 0 Å². The number of amides is 2. The van der Waals surface area contributed by atoms with Crippen molar-refractivity contribution < 1.29 is 14.0 Å². The van der Waals surface area contributed by atoms with E-state index in [-0.39, 0.29) is 12.1 Å². The quantitative estimate of drug-likeness (QED) is 0.712. The highest BCUT2D eigenvalue weighted by atomic mass is 19.1. The Kier molecular flexibility index (Phi) is 3.76. The fourth-order valence-electron chi connectivity index (χ4n) is 1.24. The minimum absolute atomic E-state index is 0.128. The van der Waals surface area contributed by atoms with Crippen LogP contribution in [-0.4, -0.2) is 32.0 Å². The summed E-state index contributed by atoms with van der Waals surface area (Å²) in [6, 6.07) is 4.91. The number of hydrogen-bond donors (Lipinski definition) is 2. The third-order valence-electron chi connectivity index (χ3n) is 2.12. The number of nitrogens with zero attached hydrogens (tertiary/aromatic N) is 4. The van der Waals surface area contributed by atoms with E-state index >= 15 is 0 Å². The van der Waals surface area contributed by atoms with Gasteiger partial charge in [0.25, 0.3) is 11.8 Å². The fraction of sp³-hybridized carbons (Fsp3) is 0.100. The molecule has 0 spiro atoms. The van der Waals surface area contributed by atoms with E-state index in [1.54, 1.807) is 0 Å². The van der Waals surface area contributed by atoms with Gasteiger partial charge in [0.15, 0.2) is 0 Å². The van der Waals surface area contributed by atoms with Crippen LogP contribution in [0, 0.1) is 5.82 Å². The molecule has 98 valence electrons. The van der Waals surface area contributed by atoms with Crippen molar-refractivity contribution in [3.63, 3.8) is 0 Å². The third kappa shape index (κ3) is 3.56. The van der Waals surface area contributed by atoms with Gasteiger partial charge in [0, 0.05) is 5.56 Å². The van der Waals surface area contributed by atoms with Crippen molar-refractivity contribution in [1.29, 1.82) is 0 Å². The zero-order valence-corrected chi connectivity index (χ0v) is 9.58. The molecule has 2 amide bonds. The average molecular weight is 264 g/mol. The van der Waals surface area contributed by atoms with E-state index in [2.05, 4.69) is 26.4 Å². The van der Waals surface area contributed by atoms with Crippen molar-refractivity contribution in [2.75, 3.05) is 0 Å². The lowest BCUT2D eigenvalue weighted by molar-refractivity contribution is -0.122. The van der Waals surface area contributed by atoms with E-state index in [9.17, 15) is 14.0 Å². The molecule has 0 aliphatic carbocycles. The van der Waals surface area contributed by atoms with Gasteiger partial charge in [-0.25, -0.2) is 9.07 Å². The van der Waals surface area contributed by atoms with Crippen LogP contribution in [0.2, 0.25) is 0 Å². The lowest BCUT2D eigenvalue weighted by Gasteiger charge is -2.06. The Morgan fingerprint density at radius 3 is 2.58 bits per heavy atom. The second kappa shape index (κ2) is 5.67. The van der Waals surface area contributed by atoms with Gasteiger partial charge >= 0.3 is 0 Å². The molecular formula is C10H9FN6O2. The van der Waals surface area contributed by atoms with Gasteiger partial charge in [-0.1, -0.05) is 0 Å². The minimum Gasteiger partial charge on any atom is -0.271 e. The molecule has 0 bridgehead atoms. The van der Waals surface area contributed by atoms with Crippen LogP contribution in [-0.2, 0) is 11.3 Å². The van der Waals surface area contributed by atoms with Crippen molar-refractivity contribution in [2.45, 2.75) is 6.54 Å². The van der Waals surface area contributed by atoms with E-state index < -0.39 is 17.6 Å². The van der Waals surface area contributed by atoms with E-state index in [0.717, 1.165) is 12.1 Å². The molecule has 2 rings (SSSR count). The summed E-state index contributed by atoms with van der Waals surface area (Å²) in [6.07, 6.45) is 1.27. The zero-order valence-electron chi connectivity index (χ0n) is 9.58. The molecule has 1 aromatic carbocycles. The zero-order chi connectivity index (χ0) is 13.7. The van der Waals surface area contributed by atoms with Crippen molar-refractivity contribution in [1.82, 2.24) is 31.1 Å². The summed E-state index contributed by atoms with van der Waals surface area (Å²) in [5.41, 5.74) is 4.60. The van der Waals surface area contributed by atoms with Crippen LogP contribution < -0.4 is 10.9 Å². The smallest absolute Gasteiger partial charge is 0.269 e. The van der Waals surface area contributed by atoms with Crippen LogP contribution >= 0.6 is 0 Å². The number of carbonyl (C=O) groups excluding carboxylic acids is 2.